The van der Waals surface area contributed by atoms with Gasteiger partial charge in [0.1, 0.15) is 11.9 Å². The van der Waals surface area contributed by atoms with Crippen LogP contribution in [0.3, 0.4) is 0 Å². The summed E-state index contributed by atoms with van der Waals surface area (Å²) in [6, 6.07) is 5.52. The van der Waals surface area contributed by atoms with Gasteiger partial charge in [-0.05, 0) is 17.7 Å². The predicted molar refractivity (Wildman–Crippen MR) is 41.5 cm³/mol. The molecule has 1 unspecified atom stereocenters. The van der Waals surface area contributed by atoms with Gasteiger partial charge in [-0.2, -0.15) is 0 Å². The van der Waals surface area contributed by atoms with Gasteiger partial charge in [-0.3, -0.25) is 0 Å². The van der Waals surface area contributed by atoms with Gasteiger partial charge >= 0.3 is 0 Å². The van der Waals surface area contributed by atoms with Crippen LogP contribution in [0.2, 0.25) is 0 Å². The molecule has 0 fully saturated rings. The molecule has 1 atom stereocenters. The second kappa shape index (κ2) is 4.15. The molecule has 0 spiro atoms. The third kappa shape index (κ3) is 2.27. The molecule has 66 valence electrons. The average Bonchev–Trinajstić information content (AvgIpc) is 2.06. The van der Waals surface area contributed by atoms with Gasteiger partial charge in [-0.15, -0.1) is 0 Å². The molecule has 3 nitrogen and oxygen atoms in total. The Morgan fingerprint density at radius 3 is 2.50 bits per heavy atom. The highest BCUT2D eigenvalue weighted by molar-refractivity contribution is 5.18. The van der Waals surface area contributed by atoms with Gasteiger partial charge in [0.05, 0.1) is 6.61 Å². The molecule has 1 aromatic carbocycles. The fourth-order valence-corrected chi connectivity index (χ4v) is 0.872. The molecule has 0 aliphatic carbocycles. The summed E-state index contributed by atoms with van der Waals surface area (Å²) in [4.78, 5) is 4.24. The number of hydrogen-bond donors (Lipinski definition) is 2. The molecule has 1 rings (SSSR count). The molecular formula is C8H10FNO2. The number of rotatable bonds is 3. The van der Waals surface area contributed by atoms with Crippen LogP contribution in [0, 0.1) is 5.82 Å². The zero-order valence-corrected chi connectivity index (χ0v) is 6.40. The van der Waals surface area contributed by atoms with Gasteiger partial charge in [0.15, 0.2) is 0 Å². The van der Waals surface area contributed by atoms with Gasteiger partial charge in [0.2, 0.25) is 0 Å². The Balaban J connectivity index is 2.68. The van der Waals surface area contributed by atoms with Crippen molar-refractivity contribution in [3.63, 3.8) is 0 Å². The summed E-state index contributed by atoms with van der Waals surface area (Å²) in [5.41, 5.74) is 0.585. The minimum Gasteiger partial charge on any atom is -0.386 e. The predicted octanol–water partition coefficient (Wildman–Crippen LogP) is 0.749. The first-order chi connectivity index (χ1) is 5.74. The van der Waals surface area contributed by atoms with Crippen molar-refractivity contribution in [2.45, 2.75) is 6.10 Å². The molecule has 0 amide bonds. The maximum Gasteiger partial charge on any atom is 0.123 e. The third-order valence-electron chi connectivity index (χ3n) is 1.51. The molecule has 0 aliphatic heterocycles. The second-order valence-electron chi connectivity index (χ2n) is 2.40. The van der Waals surface area contributed by atoms with Gasteiger partial charge in [0.25, 0.3) is 0 Å². The summed E-state index contributed by atoms with van der Waals surface area (Å²) in [6.45, 7) is 0.00559. The van der Waals surface area contributed by atoms with Crippen LogP contribution in [0.15, 0.2) is 24.3 Å². The Labute approximate surface area is 69.5 Å². The van der Waals surface area contributed by atoms with E-state index in [1.165, 1.54) is 24.3 Å². The van der Waals surface area contributed by atoms with Gasteiger partial charge in [0, 0.05) is 0 Å². The topological polar surface area (TPSA) is 55.5 Å². The summed E-state index contributed by atoms with van der Waals surface area (Å²) in [7, 11) is 0. The van der Waals surface area contributed by atoms with E-state index in [1.807, 2.05) is 0 Å². The number of nitrogens with two attached hydrogens (primary N) is 1. The van der Waals surface area contributed by atoms with E-state index in [0.717, 1.165) is 0 Å². The maximum atomic E-state index is 12.4. The SMILES string of the molecule is NOCC(O)c1ccc(F)cc1. The second-order valence-corrected chi connectivity index (χ2v) is 2.40. The number of aliphatic hydroxyl groups excluding tert-OH is 1. The third-order valence-corrected chi connectivity index (χ3v) is 1.51. The van der Waals surface area contributed by atoms with Crippen molar-refractivity contribution in [1.82, 2.24) is 0 Å². The molecule has 0 heterocycles. The van der Waals surface area contributed by atoms with Crippen LogP contribution in [0.4, 0.5) is 4.39 Å². The van der Waals surface area contributed by atoms with Crippen molar-refractivity contribution in [1.29, 1.82) is 0 Å². The Morgan fingerprint density at radius 2 is 2.00 bits per heavy atom. The largest absolute Gasteiger partial charge is 0.386 e. The van der Waals surface area contributed by atoms with Crippen molar-refractivity contribution >= 4 is 0 Å². The standard InChI is InChI=1S/C8H10FNO2/c9-7-3-1-6(2-4-7)8(11)5-12-10/h1-4,8,11H,5,10H2. The first-order valence-electron chi connectivity index (χ1n) is 3.49. The van der Waals surface area contributed by atoms with Crippen molar-refractivity contribution in [2.24, 2.45) is 5.90 Å². The van der Waals surface area contributed by atoms with Crippen LogP contribution in [-0.2, 0) is 4.84 Å². The molecule has 0 aliphatic rings. The maximum absolute atomic E-state index is 12.4. The van der Waals surface area contributed by atoms with Crippen LogP contribution >= 0.6 is 0 Å². The fraction of sp³-hybridized carbons (Fsp3) is 0.250. The lowest BCUT2D eigenvalue weighted by Crippen LogP contribution is -2.10. The van der Waals surface area contributed by atoms with Crippen LogP contribution in [0.5, 0.6) is 0 Å². The summed E-state index contributed by atoms with van der Waals surface area (Å²) in [5, 5.41) is 9.28. The summed E-state index contributed by atoms with van der Waals surface area (Å²) in [6.07, 6.45) is -0.796. The molecule has 1 aromatic rings. The minimum atomic E-state index is -0.796. The smallest absolute Gasteiger partial charge is 0.123 e. The quantitative estimate of drug-likeness (QED) is 0.660. The lowest BCUT2D eigenvalue weighted by atomic mass is 10.1. The Bertz CT molecular complexity index is 237. The molecule has 0 radical (unpaired) electrons. The fourth-order valence-electron chi connectivity index (χ4n) is 0.872. The van der Waals surface area contributed by atoms with Crippen LogP contribution < -0.4 is 5.90 Å². The highest BCUT2D eigenvalue weighted by Gasteiger charge is 2.06. The van der Waals surface area contributed by atoms with Crippen molar-refractivity contribution in [3.8, 4) is 0 Å². The van der Waals surface area contributed by atoms with E-state index in [4.69, 9.17) is 5.90 Å². The monoisotopic (exact) mass is 171 g/mol. The van der Waals surface area contributed by atoms with Crippen LogP contribution in [0.25, 0.3) is 0 Å². The highest BCUT2D eigenvalue weighted by Crippen LogP contribution is 2.12. The van der Waals surface area contributed by atoms with E-state index in [1.54, 1.807) is 0 Å². The molecule has 4 heteroatoms. The molecule has 0 aromatic heterocycles. The van der Waals surface area contributed by atoms with Crippen molar-refractivity contribution < 1.29 is 14.3 Å². The van der Waals surface area contributed by atoms with E-state index >= 15 is 0 Å². The molecule has 12 heavy (non-hydrogen) atoms. The highest BCUT2D eigenvalue weighted by atomic mass is 19.1. The lowest BCUT2D eigenvalue weighted by Gasteiger charge is -2.08. The lowest BCUT2D eigenvalue weighted by molar-refractivity contribution is 0.0359. The van der Waals surface area contributed by atoms with E-state index < -0.39 is 6.10 Å². The molecule has 3 N–H and O–H groups in total. The van der Waals surface area contributed by atoms with Gasteiger partial charge in [-0.1, -0.05) is 12.1 Å². The van der Waals surface area contributed by atoms with Crippen LogP contribution in [0.1, 0.15) is 11.7 Å². The van der Waals surface area contributed by atoms with Gasteiger partial charge < -0.3 is 9.94 Å². The number of halogens is 1. The molecule has 0 bridgehead atoms. The van der Waals surface area contributed by atoms with E-state index in [0.29, 0.717) is 5.56 Å². The average molecular weight is 171 g/mol. The van der Waals surface area contributed by atoms with E-state index in [-0.39, 0.29) is 12.4 Å². The summed E-state index contributed by atoms with van der Waals surface area (Å²) >= 11 is 0. The van der Waals surface area contributed by atoms with Crippen LogP contribution in [-0.4, -0.2) is 11.7 Å². The Morgan fingerprint density at radius 1 is 1.42 bits per heavy atom. The summed E-state index contributed by atoms with van der Waals surface area (Å²) in [5.74, 6) is 4.43. The van der Waals surface area contributed by atoms with E-state index in [2.05, 4.69) is 4.84 Å². The molecular weight excluding hydrogens is 161 g/mol. The van der Waals surface area contributed by atoms with Crippen molar-refractivity contribution in [2.75, 3.05) is 6.61 Å². The number of hydrogen-bond acceptors (Lipinski definition) is 3. The Kier molecular flexibility index (Phi) is 3.16. The molecule has 0 saturated heterocycles. The number of aliphatic hydroxyl groups is 1. The van der Waals surface area contributed by atoms with Crippen molar-refractivity contribution in [3.05, 3.63) is 35.6 Å². The van der Waals surface area contributed by atoms with E-state index in [9.17, 15) is 9.50 Å². The first-order valence-corrected chi connectivity index (χ1v) is 3.49. The minimum absolute atomic E-state index is 0.00559. The zero-order chi connectivity index (χ0) is 8.97. The molecule has 0 saturated carbocycles. The van der Waals surface area contributed by atoms with Gasteiger partial charge in [-0.25, -0.2) is 10.3 Å². The normalized spacial score (nSPS) is 12.9. The Hall–Kier alpha value is -0.970. The zero-order valence-electron chi connectivity index (χ0n) is 6.40. The number of benzene rings is 1. The summed E-state index contributed by atoms with van der Waals surface area (Å²) < 4.78 is 12.4. The first kappa shape index (κ1) is 9.12.